The second-order valence-corrected chi connectivity index (χ2v) is 4.67. The van der Waals surface area contributed by atoms with E-state index in [2.05, 4.69) is 21.3 Å². The Labute approximate surface area is 100 Å². The minimum atomic E-state index is 0.528. The molecular weight excluding hydrogens is 222 g/mol. The molecule has 1 N–H and O–H groups in total. The zero-order valence-corrected chi connectivity index (χ0v) is 9.74. The molecule has 0 aliphatic carbocycles. The molecule has 1 unspecified atom stereocenters. The van der Waals surface area contributed by atoms with Gasteiger partial charge in [0.25, 0.3) is 0 Å². The summed E-state index contributed by atoms with van der Waals surface area (Å²) in [5.74, 6) is 0. The van der Waals surface area contributed by atoms with Crippen LogP contribution in [0.5, 0.6) is 0 Å². The second-order valence-electron chi connectivity index (χ2n) is 4.23. The summed E-state index contributed by atoms with van der Waals surface area (Å²) in [6.45, 7) is 3.12. The Balaban J connectivity index is 2.05. The third kappa shape index (κ3) is 1.70. The van der Waals surface area contributed by atoms with Crippen LogP contribution in [0.3, 0.4) is 0 Å². The van der Waals surface area contributed by atoms with E-state index >= 15 is 0 Å². The molecule has 4 heteroatoms. The minimum Gasteiger partial charge on any atom is -0.364 e. The predicted molar refractivity (Wildman–Crippen MR) is 68.2 cm³/mol. The molecule has 0 bridgehead atoms. The molecule has 2 aliphatic heterocycles. The third-order valence-corrected chi connectivity index (χ3v) is 3.44. The Hall–Kier alpha value is -1.06. The lowest BCUT2D eigenvalue weighted by molar-refractivity contribution is 0.489. The van der Waals surface area contributed by atoms with E-state index in [0.717, 1.165) is 36.8 Å². The van der Waals surface area contributed by atoms with Gasteiger partial charge in [-0.25, -0.2) is 0 Å². The number of fused-ring (bicyclic) bond motifs is 3. The van der Waals surface area contributed by atoms with E-state index in [0.29, 0.717) is 6.04 Å². The molecule has 1 aromatic rings. The van der Waals surface area contributed by atoms with Crippen molar-refractivity contribution in [3.8, 4) is 0 Å². The number of benzene rings is 1. The zero-order valence-electron chi connectivity index (χ0n) is 8.99. The average molecular weight is 236 g/mol. The Morgan fingerprint density at radius 1 is 1.44 bits per heavy atom. The van der Waals surface area contributed by atoms with Gasteiger partial charge < -0.3 is 10.2 Å². The molecule has 1 fully saturated rings. The standard InChI is InChI=1S/C12H14ClN3/c13-9-1-2-12-11(7-9)15-4-3-10-8-14-5-6-16(10)12/h1-2,4,7,10,14H,3,5-6,8H2. The molecule has 1 saturated heterocycles. The number of aliphatic imine (C=N–C) groups is 1. The fraction of sp³-hybridized carbons (Fsp3) is 0.417. The topological polar surface area (TPSA) is 27.6 Å². The maximum absolute atomic E-state index is 6.00. The van der Waals surface area contributed by atoms with Crippen LogP contribution in [0.25, 0.3) is 0 Å². The summed E-state index contributed by atoms with van der Waals surface area (Å²) in [5.41, 5.74) is 2.21. The molecule has 16 heavy (non-hydrogen) atoms. The normalized spacial score (nSPS) is 23.6. The van der Waals surface area contributed by atoms with Gasteiger partial charge in [-0.15, -0.1) is 0 Å². The first-order valence-electron chi connectivity index (χ1n) is 5.64. The first-order chi connectivity index (χ1) is 7.84. The van der Waals surface area contributed by atoms with Crippen LogP contribution >= 0.6 is 11.6 Å². The largest absolute Gasteiger partial charge is 0.364 e. The van der Waals surface area contributed by atoms with Crippen molar-refractivity contribution in [2.75, 3.05) is 24.5 Å². The fourth-order valence-corrected chi connectivity index (χ4v) is 2.57. The van der Waals surface area contributed by atoms with Gasteiger partial charge in [-0.05, 0) is 18.2 Å². The van der Waals surface area contributed by atoms with Crippen molar-refractivity contribution >= 4 is 29.2 Å². The van der Waals surface area contributed by atoms with E-state index in [-0.39, 0.29) is 0 Å². The Morgan fingerprint density at radius 3 is 3.31 bits per heavy atom. The van der Waals surface area contributed by atoms with Gasteiger partial charge in [0.05, 0.1) is 11.4 Å². The summed E-state index contributed by atoms with van der Waals surface area (Å²) < 4.78 is 0. The first-order valence-corrected chi connectivity index (χ1v) is 6.02. The Morgan fingerprint density at radius 2 is 2.38 bits per heavy atom. The van der Waals surface area contributed by atoms with Gasteiger partial charge in [-0.2, -0.15) is 0 Å². The van der Waals surface area contributed by atoms with E-state index < -0.39 is 0 Å². The molecule has 0 amide bonds. The maximum Gasteiger partial charge on any atom is 0.0874 e. The van der Waals surface area contributed by atoms with Crippen molar-refractivity contribution in [3.05, 3.63) is 23.2 Å². The summed E-state index contributed by atoms with van der Waals surface area (Å²) in [6, 6.07) is 6.50. The van der Waals surface area contributed by atoms with Crippen LogP contribution in [-0.2, 0) is 0 Å². The fourth-order valence-electron chi connectivity index (χ4n) is 2.40. The van der Waals surface area contributed by atoms with Crippen LogP contribution in [0.2, 0.25) is 5.02 Å². The maximum atomic E-state index is 6.00. The number of hydrogen-bond acceptors (Lipinski definition) is 3. The highest BCUT2D eigenvalue weighted by Crippen LogP contribution is 2.35. The Bertz CT molecular complexity index is 430. The molecule has 2 aliphatic rings. The number of anilines is 1. The monoisotopic (exact) mass is 235 g/mol. The first kappa shape index (κ1) is 10.1. The van der Waals surface area contributed by atoms with Crippen molar-refractivity contribution in [2.45, 2.75) is 12.5 Å². The van der Waals surface area contributed by atoms with E-state index in [1.165, 1.54) is 5.69 Å². The zero-order chi connectivity index (χ0) is 11.0. The van der Waals surface area contributed by atoms with Gasteiger partial charge in [0.2, 0.25) is 0 Å². The van der Waals surface area contributed by atoms with Crippen molar-refractivity contribution in [1.82, 2.24) is 5.32 Å². The SMILES string of the molecule is Clc1ccc2c(c1)N=CCC1CNCCN21. The molecule has 0 spiro atoms. The summed E-state index contributed by atoms with van der Waals surface area (Å²) in [6.07, 6.45) is 3.01. The van der Waals surface area contributed by atoms with Crippen molar-refractivity contribution in [3.63, 3.8) is 0 Å². The molecule has 1 atom stereocenters. The van der Waals surface area contributed by atoms with E-state index in [4.69, 9.17) is 11.6 Å². The van der Waals surface area contributed by atoms with Crippen molar-refractivity contribution < 1.29 is 0 Å². The molecular formula is C12H14ClN3. The van der Waals surface area contributed by atoms with Crippen LogP contribution in [0.15, 0.2) is 23.2 Å². The quantitative estimate of drug-likeness (QED) is 0.747. The highest BCUT2D eigenvalue weighted by Gasteiger charge is 2.25. The summed E-state index contributed by atoms with van der Waals surface area (Å²) in [5, 5.41) is 4.18. The lowest BCUT2D eigenvalue weighted by Crippen LogP contribution is -2.51. The van der Waals surface area contributed by atoms with Crippen LogP contribution in [0, 0.1) is 0 Å². The van der Waals surface area contributed by atoms with Crippen molar-refractivity contribution in [1.29, 1.82) is 0 Å². The Kier molecular flexibility index (Phi) is 2.58. The number of halogens is 1. The molecule has 2 heterocycles. The summed E-state index contributed by atoms with van der Waals surface area (Å²) in [7, 11) is 0. The molecule has 84 valence electrons. The molecule has 0 aromatic heterocycles. The average Bonchev–Trinajstić information content (AvgIpc) is 2.47. The van der Waals surface area contributed by atoms with E-state index in [1.807, 2.05) is 18.3 Å². The van der Waals surface area contributed by atoms with E-state index in [9.17, 15) is 0 Å². The second kappa shape index (κ2) is 4.07. The number of nitrogens with zero attached hydrogens (tertiary/aromatic N) is 2. The van der Waals surface area contributed by atoms with Crippen LogP contribution in [0.4, 0.5) is 11.4 Å². The van der Waals surface area contributed by atoms with Crippen LogP contribution < -0.4 is 10.2 Å². The highest BCUT2D eigenvalue weighted by atomic mass is 35.5. The number of hydrogen-bond donors (Lipinski definition) is 1. The van der Waals surface area contributed by atoms with Gasteiger partial charge in [-0.3, -0.25) is 4.99 Å². The van der Waals surface area contributed by atoms with Gasteiger partial charge in [0.1, 0.15) is 0 Å². The molecule has 3 nitrogen and oxygen atoms in total. The van der Waals surface area contributed by atoms with Crippen molar-refractivity contribution in [2.24, 2.45) is 4.99 Å². The van der Waals surface area contributed by atoms with Gasteiger partial charge >= 0.3 is 0 Å². The van der Waals surface area contributed by atoms with Crippen LogP contribution in [0.1, 0.15) is 6.42 Å². The highest BCUT2D eigenvalue weighted by molar-refractivity contribution is 6.31. The lowest BCUT2D eigenvalue weighted by atomic mass is 10.1. The van der Waals surface area contributed by atoms with Crippen LogP contribution in [-0.4, -0.2) is 31.9 Å². The predicted octanol–water partition coefficient (Wildman–Crippen LogP) is 2.22. The number of rotatable bonds is 0. The number of nitrogens with one attached hydrogen (secondary N) is 1. The third-order valence-electron chi connectivity index (χ3n) is 3.20. The minimum absolute atomic E-state index is 0.528. The molecule has 3 rings (SSSR count). The number of piperazine rings is 1. The van der Waals surface area contributed by atoms with Gasteiger partial charge in [0, 0.05) is 43.3 Å². The smallest absolute Gasteiger partial charge is 0.0874 e. The van der Waals surface area contributed by atoms with E-state index in [1.54, 1.807) is 0 Å². The summed E-state index contributed by atoms with van der Waals surface area (Å²) >= 11 is 6.00. The lowest BCUT2D eigenvalue weighted by Gasteiger charge is -2.37. The summed E-state index contributed by atoms with van der Waals surface area (Å²) in [4.78, 5) is 6.93. The molecule has 0 saturated carbocycles. The molecule has 1 aromatic carbocycles. The van der Waals surface area contributed by atoms with Gasteiger partial charge in [0.15, 0.2) is 0 Å². The van der Waals surface area contributed by atoms with Gasteiger partial charge in [-0.1, -0.05) is 11.6 Å². The molecule has 0 radical (unpaired) electrons.